The van der Waals surface area contributed by atoms with Gasteiger partial charge in [0.15, 0.2) is 0 Å². The second-order valence-electron chi connectivity index (χ2n) is 4.32. The lowest BCUT2D eigenvalue weighted by molar-refractivity contribution is 0.0648. The van der Waals surface area contributed by atoms with Crippen LogP contribution in [0.25, 0.3) is 0 Å². The third-order valence-corrected chi connectivity index (χ3v) is 3.07. The SMILES string of the molecule is CCC(CO)(CO)NC(C)c1ccc(C(=O)O)o1. The Kier molecular flexibility index (Phi) is 4.89. The lowest BCUT2D eigenvalue weighted by atomic mass is 9.97. The van der Waals surface area contributed by atoms with E-state index in [1.165, 1.54) is 6.07 Å². The first-order chi connectivity index (χ1) is 8.48. The lowest BCUT2D eigenvalue weighted by Crippen LogP contribution is -2.52. The van der Waals surface area contributed by atoms with E-state index in [2.05, 4.69) is 5.32 Å². The Morgan fingerprint density at radius 1 is 1.44 bits per heavy atom. The van der Waals surface area contributed by atoms with Crippen molar-refractivity contribution < 1.29 is 24.5 Å². The Bertz CT molecular complexity index is 389. The maximum Gasteiger partial charge on any atom is 0.371 e. The molecule has 0 aliphatic rings. The maximum absolute atomic E-state index is 10.7. The van der Waals surface area contributed by atoms with Crippen molar-refractivity contribution in [3.8, 4) is 0 Å². The van der Waals surface area contributed by atoms with Crippen molar-refractivity contribution in [1.29, 1.82) is 0 Å². The summed E-state index contributed by atoms with van der Waals surface area (Å²) in [6.45, 7) is 3.20. The molecule has 0 fully saturated rings. The van der Waals surface area contributed by atoms with E-state index in [9.17, 15) is 15.0 Å². The standard InChI is InChI=1S/C12H19NO5/c1-3-12(6-14,7-15)13-8(2)9-4-5-10(18-9)11(16)17/h4-5,8,13-15H,3,6-7H2,1-2H3,(H,16,17). The minimum Gasteiger partial charge on any atom is -0.475 e. The number of hydrogen-bond donors (Lipinski definition) is 4. The molecule has 0 amide bonds. The largest absolute Gasteiger partial charge is 0.475 e. The fourth-order valence-corrected chi connectivity index (χ4v) is 1.70. The van der Waals surface area contributed by atoms with Crippen molar-refractivity contribution in [3.05, 3.63) is 23.7 Å². The Balaban J connectivity index is 2.80. The van der Waals surface area contributed by atoms with Gasteiger partial charge in [-0.05, 0) is 25.5 Å². The predicted octanol–water partition coefficient (Wildman–Crippen LogP) is 0.762. The van der Waals surface area contributed by atoms with Gasteiger partial charge in [-0.2, -0.15) is 0 Å². The number of nitrogens with one attached hydrogen (secondary N) is 1. The van der Waals surface area contributed by atoms with Crippen LogP contribution < -0.4 is 5.32 Å². The number of aliphatic hydroxyl groups is 2. The first kappa shape index (κ1) is 14.7. The number of rotatable bonds is 7. The van der Waals surface area contributed by atoms with E-state index < -0.39 is 11.5 Å². The third-order valence-electron chi connectivity index (χ3n) is 3.07. The number of carboxylic acid groups (broad SMARTS) is 1. The van der Waals surface area contributed by atoms with E-state index >= 15 is 0 Å². The summed E-state index contributed by atoms with van der Waals surface area (Å²) in [5.41, 5.74) is -0.796. The highest BCUT2D eigenvalue weighted by molar-refractivity contribution is 5.84. The third kappa shape index (κ3) is 3.10. The predicted molar refractivity (Wildman–Crippen MR) is 64.4 cm³/mol. The van der Waals surface area contributed by atoms with E-state index in [1.54, 1.807) is 13.0 Å². The summed E-state index contributed by atoms with van der Waals surface area (Å²) in [5.74, 6) is -0.805. The molecule has 18 heavy (non-hydrogen) atoms. The summed E-state index contributed by atoms with van der Waals surface area (Å²) in [4.78, 5) is 10.7. The molecule has 0 bridgehead atoms. The minimum absolute atomic E-state index is 0.131. The van der Waals surface area contributed by atoms with Crippen molar-refractivity contribution in [3.63, 3.8) is 0 Å². The van der Waals surface area contributed by atoms with Crippen LogP contribution in [0.3, 0.4) is 0 Å². The molecule has 0 aromatic carbocycles. The molecule has 1 heterocycles. The van der Waals surface area contributed by atoms with Gasteiger partial charge in [-0.1, -0.05) is 6.92 Å². The zero-order valence-corrected chi connectivity index (χ0v) is 10.5. The molecule has 1 rings (SSSR count). The van der Waals surface area contributed by atoms with E-state index in [-0.39, 0.29) is 25.0 Å². The normalized spacial score (nSPS) is 13.6. The zero-order valence-electron chi connectivity index (χ0n) is 10.5. The van der Waals surface area contributed by atoms with Crippen molar-refractivity contribution >= 4 is 5.97 Å². The van der Waals surface area contributed by atoms with E-state index in [4.69, 9.17) is 9.52 Å². The molecule has 1 unspecified atom stereocenters. The molecule has 0 aliphatic carbocycles. The average Bonchev–Trinajstić information content (AvgIpc) is 2.86. The average molecular weight is 257 g/mol. The van der Waals surface area contributed by atoms with Crippen molar-refractivity contribution in [2.24, 2.45) is 0 Å². The molecule has 0 saturated heterocycles. The van der Waals surface area contributed by atoms with Crippen LogP contribution in [-0.4, -0.2) is 40.0 Å². The van der Waals surface area contributed by atoms with Crippen LogP contribution >= 0.6 is 0 Å². The molecule has 0 aliphatic heterocycles. The van der Waals surface area contributed by atoms with Crippen LogP contribution in [0.1, 0.15) is 42.6 Å². The number of furan rings is 1. The minimum atomic E-state index is -1.13. The van der Waals surface area contributed by atoms with Crippen LogP contribution in [0.2, 0.25) is 0 Å². The van der Waals surface area contributed by atoms with Crippen LogP contribution in [0.4, 0.5) is 0 Å². The van der Waals surface area contributed by atoms with Gasteiger partial charge in [-0.15, -0.1) is 0 Å². The molecular formula is C12H19NO5. The zero-order chi connectivity index (χ0) is 13.8. The van der Waals surface area contributed by atoms with Crippen LogP contribution in [0, 0.1) is 0 Å². The molecule has 0 saturated carbocycles. The molecular weight excluding hydrogens is 238 g/mol. The van der Waals surface area contributed by atoms with Gasteiger partial charge in [-0.25, -0.2) is 4.79 Å². The summed E-state index contributed by atoms with van der Waals surface area (Å²) in [7, 11) is 0. The molecule has 0 spiro atoms. The van der Waals surface area contributed by atoms with Gasteiger partial charge in [0.25, 0.3) is 0 Å². The maximum atomic E-state index is 10.7. The number of carbonyl (C=O) groups is 1. The van der Waals surface area contributed by atoms with Crippen LogP contribution in [0.15, 0.2) is 16.5 Å². The van der Waals surface area contributed by atoms with Gasteiger partial charge in [0.05, 0.1) is 24.8 Å². The lowest BCUT2D eigenvalue weighted by Gasteiger charge is -2.32. The van der Waals surface area contributed by atoms with Crippen LogP contribution in [-0.2, 0) is 0 Å². The first-order valence-electron chi connectivity index (χ1n) is 5.80. The van der Waals surface area contributed by atoms with Gasteiger partial charge >= 0.3 is 5.97 Å². The summed E-state index contributed by atoms with van der Waals surface area (Å²) >= 11 is 0. The second-order valence-corrected chi connectivity index (χ2v) is 4.32. The number of aromatic carboxylic acids is 1. The molecule has 1 aromatic heterocycles. The van der Waals surface area contributed by atoms with Crippen molar-refractivity contribution in [2.45, 2.75) is 31.8 Å². The van der Waals surface area contributed by atoms with Crippen molar-refractivity contribution in [1.82, 2.24) is 5.32 Å². The summed E-state index contributed by atoms with van der Waals surface area (Å²) < 4.78 is 5.16. The number of aliphatic hydroxyl groups excluding tert-OH is 2. The highest BCUT2D eigenvalue weighted by Gasteiger charge is 2.29. The van der Waals surface area contributed by atoms with Crippen LogP contribution in [0.5, 0.6) is 0 Å². The number of hydrogen-bond acceptors (Lipinski definition) is 5. The first-order valence-corrected chi connectivity index (χ1v) is 5.80. The fourth-order valence-electron chi connectivity index (χ4n) is 1.70. The second kappa shape index (κ2) is 5.99. The highest BCUT2D eigenvalue weighted by Crippen LogP contribution is 2.20. The Labute approximate surface area is 105 Å². The molecule has 4 N–H and O–H groups in total. The van der Waals surface area contributed by atoms with Gasteiger partial charge < -0.3 is 19.7 Å². The van der Waals surface area contributed by atoms with E-state index in [0.29, 0.717) is 12.2 Å². The van der Waals surface area contributed by atoms with Gasteiger partial charge in [-0.3, -0.25) is 5.32 Å². The Morgan fingerprint density at radius 3 is 2.44 bits per heavy atom. The van der Waals surface area contributed by atoms with Gasteiger partial charge in [0.1, 0.15) is 5.76 Å². The number of carboxylic acids is 1. The fraction of sp³-hybridized carbons (Fsp3) is 0.583. The monoisotopic (exact) mass is 257 g/mol. The highest BCUT2D eigenvalue weighted by atomic mass is 16.4. The molecule has 1 aromatic rings. The van der Waals surface area contributed by atoms with E-state index in [1.807, 2.05) is 6.92 Å². The molecule has 1 atom stereocenters. The Morgan fingerprint density at radius 2 is 2.06 bits per heavy atom. The molecule has 6 nitrogen and oxygen atoms in total. The van der Waals surface area contributed by atoms with Gasteiger partial charge in [0, 0.05) is 0 Å². The summed E-state index contributed by atoms with van der Waals surface area (Å²) in [5, 5.41) is 30.5. The summed E-state index contributed by atoms with van der Waals surface area (Å²) in [6, 6.07) is 2.63. The Hall–Kier alpha value is -1.37. The topological polar surface area (TPSA) is 103 Å². The molecule has 102 valence electrons. The quantitative estimate of drug-likeness (QED) is 0.575. The molecule has 0 radical (unpaired) electrons. The smallest absolute Gasteiger partial charge is 0.371 e. The van der Waals surface area contributed by atoms with E-state index in [0.717, 1.165) is 0 Å². The molecule has 6 heteroatoms. The van der Waals surface area contributed by atoms with Crippen molar-refractivity contribution in [2.75, 3.05) is 13.2 Å². The van der Waals surface area contributed by atoms with Gasteiger partial charge in [0.2, 0.25) is 5.76 Å². The summed E-state index contributed by atoms with van der Waals surface area (Å²) in [6.07, 6.45) is 0.539.